The monoisotopic (exact) mass is 257 g/mol. The number of urea groups is 1. The highest BCUT2D eigenvalue weighted by atomic mass is 32.1. The lowest BCUT2D eigenvalue weighted by Crippen LogP contribution is -2.36. The summed E-state index contributed by atoms with van der Waals surface area (Å²) in [6, 6.07) is -0.354. The molecule has 7 heteroatoms. The lowest BCUT2D eigenvalue weighted by atomic mass is 10.2. The van der Waals surface area contributed by atoms with Gasteiger partial charge in [0, 0.05) is 24.7 Å². The molecule has 0 aliphatic heterocycles. The fourth-order valence-corrected chi connectivity index (χ4v) is 1.83. The summed E-state index contributed by atoms with van der Waals surface area (Å²) in [6.45, 7) is 3.61. The van der Waals surface area contributed by atoms with E-state index in [1.54, 1.807) is 20.2 Å². The van der Waals surface area contributed by atoms with Gasteiger partial charge in [-0.05, 0) is 6.92 Å². The van der Waals surface area contributed by atoms with Crippen LogP contribution in [0.15, 0.2) is 6.20 Å². The number of aryl methyl sites for hydroxylation is 1. The number of carboxylic acid groups (broad SMARTS) is 1. The molecule has 0 saturated carbocycles. The van der Waals surface area contributed by atoms with E-state index in [2.05, 4.69) is 10.3 Å². The predicted octanol–water partition coefficient (Wildman–Crippen LogP) is 1.64. The maximum absolute atomic E-state index is 11.7. The lowest BCUT2D eigenvalue weighted by molar-refractivity contribution is -0.141. The number of aliphatic carboxylic acids is 1. The molecule has 1 heterocycles. The summed E-state index contributed by atoms with van der Waals surface area (Å²) in [6.07, 6.45) is 1.67. The summed E-state index contributed by atoms with van der Waals surface area (Å²) in [5, 5.41) is 11.9. The van der Waals surface area contributed by atoms with Crippen molar-refractivity contribution in [2.75, 3.05) is 18.9 Å². The Balaban J connectivity index is 2.50. The highest BCUT2D eigenvalue weighted by Crippen LogP contribution is 2.16. The van der Waals surface area contributed by atoms with Crippen molar-refractivity contribution in [3.05, 3.63) is 11.1 Å². The Bertz CT molecular complexity index is 419. The van der Waals surface area contributed by atoms with Gasteiger partial charge in [0.1, 0.15) is 0 Å². The summed E-state index contributed by atoms with van der Waals surface area (Å²) in [5.41, 5.74) is 0. The number of hydrogen-bond acceptors (Lipinski definition) is 4. The third-order valence-electron chi connectivity index (χ3n) is 2.15. The molecular weight excluding hydrogens is 242 g/mol. The number of hydrogen-bond donors (Lipinski definition) is 2. The summed E-state index contributed by atoms with van der Waals surface area (Å²) in [4.78, 5) is 28.6. The first-order chi connectivity index (χ1) is 7.90. The molecule has 2 N–H and O–H groups in total. The van der Waals surface area contributed by atoms with Crippen molar-refractivity contribution in [3.8, 4) is 0 Å². The predicted molar refractivity (Wildman–Crippen MR) is 65.3 cm³/mol. The van der Waals surface area contributed by atoms with Crippen molar-refractivity contribution in [2.24, 2.45) is 5.92 Å². The van der Waals surface area contributed by atoms with Crippen LogP contribution in [0.4, 0.5) is 9.93 Å². The number of carbonyl (C=O) groups is 2. The summed E-state index contributed by atoms with van der Waals surface area (Å²) in [7, 11) is 1.55. The van der Waals surface area contributed by atoms with E-state index in [0.717, 1.165) is 4.88 Å². The topological polar surface area (TPSA) is 82.5 Å². The minimum absolute atomic E-state index is 0.158. The molecule has 1 unspecified atom stereocenters. The summed E-state index contributed by atoms with van der Waals surface area (Å²) in [5.74, 6) is -1.52. The first kappa shape index (κ1) is 13.4. The van der Waals surface area contributed by atoms with Gasteiger partial charge in [0.2, 0.25) is 0 Å². The van der Waals surface area contributed by atoms with Gasteiger partial charge >= 0.3 is 12.0 Å². The minimum atomic E-state index is -0.922. The Hall–Kier alpha value is -1.63. The third kappa shape index (κ3) is 4.03. The van der Waals surface area contributed by atoms with Gasteiger partial charge in [-0.15, -0.1) is 11.3 Å². The molecule has 0 spiro atoms. The second kappa shape index (κ2) is 5.62. The van der Waals surface area contributed by atoms with Crippen LogP contribution in [0.5, 0.6) is 0 Å². The molecule has 0 saturated heterocycles. The van der Waals surface area contributed by atoms with E-state index in [1.165, 1.54) is 16.2 Å². The number of amides is 2. The largest absolute Gasteiger partial charge is 0.481 e. The Morgan fingerprint density at radius 2 is 2.29 bits per heavy atom. The SMILES string of the molecule is Cc1cnc(NC(=O)N(C)CC(C)C(=O)O)s1. The van der Waals surface area contributed by atoms with E-state index >= 15 is 0 Å². The smallest absolute Gasteiger partial charge is 0.323 e. The molecule has 0 fully saturated rings. The van der Waals surface area contributed by atoms with Crippen LogP contribution >= 0.6 is 11.3 Å². The fraction of sp³-hybridized carbons (Fsp3) is 0.500. The molecule has 1 atom stereocenters. The zero-order chi connectivity index (χ0) is 13.0. The van der Waals surface area contributed by atoms with Crippen LogP contribution in [0.3, 0.4) is 0 Å². The number of nitrogens with one attached hydrogen (secondary N) is 1. The van der Waals surface area contributed by atoms with Gasteiger partial charge in [0.05, 0.1) is 5.92 Å². The van der Waals surface area contributed by atoms with Gasteiger partial charge in [0.15, 0.2) is 5.13 Å². The van der Waals surface area contributed by atoms with Crippen LogP contribution in [0.2, 0.25) is 0 Å². The van der Waals surface area contributed by atoms with Gasteiger partial charge in [-0.25, -0.2) is 9.78 Å². The highest BCUT2D eigenvalue weighted by molar-refractivity contribution is 7.15. The number of carboxylic acids is 1. The van der Waals surface area contributed by atoms with E-state index in [4.69, 9.17) is 5.11 Å². The summed E-state index contributed by atoms with van der Waals surface area (Å²) >= 11 is 1.37. The number of thiazole rings is 1. The normalized spacial score (nSPS) is 11.9. The quantitative estimate of drug-likeness (QED) is 0.859. The average Bonchev–Trinajstić information content (AvgIpc) is 2.63. The van der Waals surface area contributed by atoms with Crippen LogP contribution in [0.25, 0.3) is 0 Å². The number of nitrogens with zero attached hydrogens (tertiary/aromatic N) is 2. The van der Waals surface area contributed by atoms with Crippen molar-refractivity contribution in [3.63, 3.8) is 0 Å². The summed E-state index contributed by atoms with van der Waals surface area (Å²) < 4.78 is 0. The molecule has 94 valence electrons. The van der Waals surface area contributed by atoms with Crippen molar-refractivity contribution in [1.29, 1.82) is 0 Å². The molecule has 0 bridgehead atoms. The third-order valence-corrected chi connectivity index (χ3v) is 2.98. The van der Waals surface area contributed by atoms with Crippen LogP contribution in [0, 0.1) is 12.8 Å². The number of anilines is 1. The number of rotatable bonds is 4. The van der Waals surface area contributed by atoms with Crippen molar-refractivity contribution < 1.29 is 14.7 Å². The Labute approximate surface area is 103 Å². The van der Waals surface area contributed by atoms with Crippen molar-refractivity contribution in [2.45, 2.75) is 13.8 Å². The fourth-order valence-electron chi connectivity index (χ4n) is 1.17. The van der Waals surface area contributed by atoms with Gasteiger partial charge in [-0.2, -0.15) is 0 Å². The van der Waals surface area contributed by atoms with Gasteiger partial charge in [0.25, 0.3) is 0 Å². The Morgan fingerprint density at radius 3 is 2.76 bits per heavy atom. The molecule has 0 radical (unpaired) electrons. The van der Waals surface area contributed by atoms with Crippen LogP contribution in [-0.4, -0.2) is 40.6 Å². The van der Waals surface area contributed by atoms with Crippen molar-refractivity contribution >= 4 is 28.5 Å². The van der Waals surface area contributed by atoms with E-state index in [0.29, 0.717) is 5.13 Å². The lowest BCUT2D eigenvalue weighted by Gasteiger charge is -2.19. The van der Waals surface area contributed by atoms with Crippen LogP contribution in [0.1, 0.15) is 11.8 Å². The number of carbonyl (C=O) groups excluding carboxylic acids is 1. The maximum atomic E-state index is 11.7. The zero-order valence-electron chi connectivity index (χ0n) is 9.93. The number of aromatic nitrogens is 1. The molecule has 0 aliphatic rings. The van der Waals surface area contributed by atoms with Gasteiger partial charge in [-0.1, -0.05) is 6.92 Å². The molecule has 1 aromatic rings. The molecule has 0 aromatic carbocycles. The molecule has 1 rings (SSSR count). The maximum Gasteiger partial charge on any atom is 0.323 e. The Morgan fingerprint density at radius 1 is 1.65 bits per heavy atom. The molecular formula is C10H15N3O3S. The average molecular weight is 257 g/mol. The Kier molecular flexibility index (Phi) is 4.45. The zero-order valence-corrected chi connectivity index (χ0v) is 10.7. The van der Waals surface area contributed by atoms with Gasteiger partial charge < -0.3 is 10.0 Å². The molecule has 2 amide bonds. The standard InChI is InChI=1S/C10H15N3O3S/c1-6(8(14)15)5-13(3)10(16)12-9-11-4-7(2)17-9/h4,6H,5H2,1-3H3,(H,14,15)(H,11,12,16). The van der Waals surface area contributed by atoms with E-state index in [-0.39, 0.29) is 12.6 Å². The first-order valence-electron chi connectivity index (χ1n) is 5.07. The highest BCUT2D eigenvalue weighted by Gasteiger charge is 2.17. The second-order valence-corrected chi connectivity index (χ2v) is 5.06. The molecule has 17 heavy (non-hydrogen) atoms. The van der Waals surface area contributed by atoms with Crippen LogP contribution < -0.4 is 5.32 Å². The van der Waals surface area contributed by atoms with E-state index < -0.39 is 11.9 Å². The second-order valence-electron chi connectivity index (χ2n) is 3.83. The van der Waals surface area contributed by atoms with E-state index in [9.17, 15) is 9.59 Å². The first-order valence-corrected chi connectivity index (χ1v) is 5.89. The van der Waals surface area contributed by atoms with E-state index in [1.807, 2.05) is 6.92 Å². The minimum Gasteiger partial charge on any atom is -0.481 e. The van der Waals surface area contributed by atoms with Crippen LogP contribution in [-0.2, 0) is 4.79 Å². The molecule has 6 nitrogen and oxygen atoms in total. The molecule has 0 aliphatic carbocycles. The molecule has 1 aromatic heterocycles. The van der Waals surface area contributed by atoms with Gasteiger partial charge in [-0.3, -0.25) is 10.1 Å². The van der Waals surface area contributed by atoms with Crippen molar-refractivity contribution in [1.82, 2.24) is 9.88 Å².